The Bertz CT molecular complexity index is 138. The lowest BCUT2D eigenvalue weighted by Gasteiger charge is -2.41. The van der Waals surface area contributed by atoms with E-state index in [1.807, 2.05) is 13.8 Å². The fourth-order valence-electron chi connectivity index (χ4n) is 1.35. The molecule has 0 unspecified atom stereocenters. The van der Waals surface area contributed by atoms with Crippen molar-refractivity contribution in [2.45, 2.75) is 20.3 Å². The van der Waals surface area contributed by atoms with Gasteiger partial charge >= 0.3 is 0 Å². The summed E-state index contributed by atoms with van der Waals surface area (Å²) in [5.74, 6) is 0.125. The molecule has 1 aliphatic carbocycles. The van der Waals surface area contributed by atoms with Gasteiger partial charge in [0.2, 0.25) is 0 Å². The minimum absolute atomic E-state index is 0.0197. The summed E-state index contributed by atoms with van der Waals surface area (Å²) in [4.78, 5) is 10.7. The monoisotopic (exact) mass is 128 g/mol. The van der Waals surface area contributed by atoms with Crippen LogP contribution >= 0.6 is 0 Å². The maximum Gasteiger partial charge on any atom is 0.139 e. The van der Waals surface area contributed by atoms with Gasteiger partial charge in [-0.15, -0.1) is 0 Å². The Morgan fingerprint density at radius 2 is 2.33 bits per heavy atom. The van der Waals surface area contributed by atoms with Crippen molar-refractivity contribution in [3.05, 3.63) is 0 Å². The Morgan fingerprint density at radius 1 is 1.78 bits per heavy atom. The van der Waals surface area contributed by atoms with Gasteiger partial charge in [0.05, 0.1) is 6.61 Å². The van der Waals surface area contributed by atoms with Crippen LogP contribution < -0.4 is 0 Å². The summed E-state index contributed by atoms with van der Waals surface area (Å²) in [6, 6.07) is 0. The number of aliphatic hydroxyl groups excluding tert-OH is 1. The second kappa shape index (κ2) is 1.81. The van der Waals surface area contributed by atoms with Gasteiger partial charge < -0.3 is 5.11 Å². The smallest absolute Gasteiger partial charge is 0.139 e. The molecule has 1 saturated carbocycles. The van der Waals surface area contributed by atoms with E-state index < -0.39 is 0 Å². The first-order chi connectivity index (χ1) is 4.08. The van der Waals surface area contributed by atoms with Crippen molar-refractivity contribution in [2.24, 2.45) is 11.3 Å². The molecule has 0 aromatic carbocycles. The van der Waals surface area contributed by atoms with Crippen LogP contribution in [0, 0.1) is 11.3 Å². The molecule has 0 aromatic heterocycles. The van der Waals surface area contributed by atoms with Crippen molar-refractivity contribution in [3.63, 3.8) is 0 Å². The van der Waals surface area contributed by atoms with Gasteiger partial charge in [0.25, 0.3) is 0 Å². The third-order valence-electron chi connectivity index (χ3n) is 2.14. The van der Waals surface area contributed by atoms with Gasteiger partial charge in [0.1, 0.15) is 5.78 Å². The number of aliphatic hydroxyl groups is 1. The number of rotatable bonds is 1. The first kappa shape index (κ1) is 6.75. The molecule has 1 N–H and O–H groups in total. The van der Waals surface area contributed by atoms with Crippen molar-refractivity contribution in [2.75, 3.05) is 6.61 Å². The summed E-state index contributed by atoms with van der Waals surface area (Å²) in [6.07, 6.45) is 0.637. The van der Waals surface area contributed by atoms with Crippen LogP contribution in [0.1, 0.15) is 20.3 Å². The molecule has 0 saturated heterocycles. The quantitative estimate of drug-likeness (QED) is 0.561. The zero-order valence-corrected chi connectivity index (χ0v) is 5.85. The predicted octanol–water partition coefficient (Wildman–Crippen LogP) is 0.594. The van der Waals surface area contributed by atoms with E-state index in [2.05, 4.69) is 0 Å². The fraction of sp³-hybridized carbons (Fsp3) is 0.857. The van der Waals surface area contributed by atoms with Crippen molar-refractivity contribution in [3.8, 4) is 0 Å². The van der Waals surface area contributed by atoms with Gasteiger partial charge in [0.15, 0.2) is 0 Å². The van der Waals surface area contributed by atoms with Crippen LogP contribution in [0.25, 0.3) is 0 Å². The van der Waals surface area contributed by atoms with Crippen LogP contribution in [0.3, 0.4) is 0 Å². The van der Waals surface area contributed by atoms with E-state index in [1.165, 1.54) is 0 Å². The lowest BCUT2D eigenvalue weighted by atomic mass is 9.62. The van der Waals surface area contributed by atoms with Crippen LogP contribution in [0.4, 0.5) is 0 Å². The second-order valence-corrected chi connectivity index (χ2v) is 3.37. The fourth-order valence-corrected chi connectivity index (χ4v) is 1.35. The summed E-state index contributed by atoms with van der Waals surface area (Å²) in [5.41, 5.74) is 0.0613. The van der Waals surface area contributed by atoms with E-state index in [0.29, 0.717) is 6.42 Å². The molecule has 1 aliphatic rings. The summed E-state index contributed by atoms with van der Waals surface area (Å²) in [5, 5.41) is 8.67. The van der Waals surface area contributed by atoms with Gasteiger partial charge in [-0.25, -0.2) is 0 Å². The summed E-state index contributed by atoms with van der Waals surface area (Å²) >= 11 is 0. The van der Waals surface area contributed by atoms with E-state index in [4.69, 9.17) is 5.11 Å². The maximum atomic E-state index is 10.7. The average molecular weight is 128 g/mol. The molecule has 0 radical (unpaired) electrons. The molecule has 2 heteroatoms. The summed E-state index contributed by atoms with van der Waals surface area (Å²) in [7, 11) is 0. The normalized spacial score (nSPS) is 31.9. The van der Waals surface area contributed by atoms with E-state index in [0.717, 1.165) is 0 Å². The molecule has 1 atom stereocenters. The molecule has 0 aliphatic heterocycles. The third-order valence-corrected chi connectivity index (χ3v) is 2.14. The second-order valence-electron chi connectivity index (χ2n) is 3.37. The molecule has 2 nitrogen and oxygen atoms in total. The largest absolute Gasteiger partial charge is 0.396 e. The van der Waals surface area contributed by atoms with E-state index in [-0.39, 0.29) is 23.7 Å². The Hall–Kier alpha value is -0.370. The molecule has 0 aromatic rings. The van der Waals surface area contributed by atoms with Gasteiger partial charge in [-0.3, -0.25) is 4.79 Å². The zero-order chi connectivity index (χ0) is 7.07. The highest BCUT2D eigenvalue weighted by Crippen LogP contribution is 2.42. The molecule has 9 heavy (non-hydrogen) atoms. The van der Waals surface area contributed by atoms with Crippen molar-refractivity contribution < 1.29 is 9.90 Å². The van der Waals surface area contributed by atoms with E-state index in [1.54, 1.807) is 0 Å². The Morgan fingerprint density at radius 3 is 2.44 bits per heavy atom. The molecule has 0 spiro atoms. The van der Waals surface area contributed by atoms with Gasteiger partial charge in [0, 0.05) is 12.3 Å². The standard InChI is InChI=1S/C7H12O2/c1-7(2)3-6(9)5(7)4-8/h5,8H,3-4H2,1-2H3/t5-/m1/s1. The first-order valence-electron chi connectivity index (χ1n) is 3.21. The summed E-state index contributed by atoms with van der Waals surface area (Å²) < 4.78 is 0. The minimum Gasteiger partial charge on any atom is -0.396 e. The zero-order valence-electron chi connectivity index (χ0n) is 5.85. The van der Waals surface area contributed by atoms with Crippen LogP contribution in [0.2, 0.25) is 0 Å². The van der Waals surface area contributed by atoms with E-state index in [9.17, 15) is 4.79 Å². The van der Waals surface area contributed by atoms with Gasteiger partial charge in [-0.1, -0.05) is 13.8 Å². The lowest BCUT2D eigenvalue weighted by molar-refractivity contribution is -0.143. The molecule has 0 heterocycles. The molecule has 1 rings (SSSR count). The average Bonchev–Trinajstić information content (AvgIpc) is 1.63. The Balaban J connectivity index is 2.58. The first-order valence-corrected chi connectivity index (χ1v) is 3.21. The molecule has 0 amide bonds. The van der Waals surface area contributed by atoms with Gasteiger partial charge in [-0.2, -0.15) is 0 Å². The topological polar surface area (TPSA) is 37.3 Å². The number of hydrogen-bond donors (Lipinski definition) is 1. The predicted molar refractivity (Wildman–Crippen MR) is 34.0 cm³/mol. The summed E-state index contributed by atoms with van der Waals surface area (Å²) in [6.45, 7) is 4.04. The molecular formula is C7H12O2. The van der Waals surface area contributed by atoms with Crippen molar-refractivity contribution in [1.82, 2.24) is 0 Å². The van der Waals surface area contributed by atoms with E-state index >= 15 is 0 Å². The van der Waals surface area contributed by atoms with Crippen LogP contribution in [0.15, 0.2) is 0 Å². The van der Waals surface area contributed by atoms with Gasteiger partial charge in [-0.05, 0) is 5.41 Å². The number of carbonyl (C=O) groups excluding carboxylic acids is 1. The van der Waals surface area contributed by atoms with Crippen LogP contribution in [-0.2, 0) is 4.79 Å². The van der Waals surface area contributed by atoms with Crippen LogP contribution in [-0.4, -0.2) is 17.5 Å². The molecule has 1 fully saturated rings. The Kier molecular flexibility index (Phi) is 1.35. The highest BCUT2D eigenvalue weighted by atomic mass is 16.3. The number of carbonyl (C=O) groups is 1. The molecular weight excluding hydrogens is 116 g/mol. The number of hydrogen-bond acceptors (Lipinski definition) is 2. The third kappa shape index (κ3) is 0.874. The highest BCUT2D eigenvalue weighted by Gasteiger charge is 2.45. The maximum absolute atomic E-state index is 10.7. The lowest BCUT2D eigenvalue weighted by Crippen LogP contribution is -2.46. The minimum atomic E-state index is -0.0856. The highest BCUT2D eigenvalue weighted by molar-refractivity contribution is 5.88. The molecule has 52 valence electrons. The van der Waals surface area contributed by atoms with Crippen molar-refractivity contribution in [1.29, 1.82) is 0 Å². The number of ketones is 1. The van der Waals surface area contributed by atoms with Crippen LogP contribution in [0.5, 0.6) is 0 Å². The Labute approximate surface area is 54.9 Å². The number of Topliss-reactive ketones (excluding diaryl/α,β-unsaturated/α-hetero) is 1. The van der Waals surface area contributed by atoms with Crippen molar-refractivity contribution >= 4 is 5.78 Å². The SMILES string of the molecule is CC1(C)CC(=O)[C@H]1CO. The molecule has 0 bridgehead atoms.